The van der Waals surface area contributed by atoms with Crippen LogP contribution in [0.5, 0.6) is 0 Å². The summed E-state index contributed by atoms with van der Waals surface area (Å²) < 4.78 is 50.1. The number of ether oxygens (including phenoxy) is 2. The number of hydrogen-bond donors (Lipinski definition) is 2. The summed E-state index contributed by atoms with van der Waals surface area (Å²) in [6.07, 6.45) is 0. The van der Waals surface area contributed by atoms with Crippen LogP contribution in [0.15, 0.2) is 47.4 Å². The van der Waals surface area contributed by atoms with E-state index in [0.29, 0.717) is 0 Å². The molecular weight excluding hydrogens is 419 g/mol. The van der Waals surface area contributed by atoms with Gasteiger partial charge in [0.1, 0.15) is 12.4 Å². The molecule has 0 radical (unpaired) electrons. The summed E-state index contributed by atoms with van der Waals surface area (Å²) in [5.74, 6) is -2.96. The highest BCUT2D eigenvalue weighted by atomic mass is 32.2. The second-order valence-corrected chi connectivity index (χ2v) is 7.64. The SMILES string of the molecule is COC(=O)CNC(=O)COC(=O)c1ccccc1NS(=O)(=O)c1ccc(F)cc1C. The lowest BCUT2D eigenvalue weighted by atomic mass is 10.2. The van der Waals surface area contributed by atoms with Crippen molar-refractivity contribution >= 4 is 33.6 Å². The molecule has 0 aromatic heterocycles. The van der Waals surface area contributed by atoms with Gasteiger partial charge in [-0.05, 0) is 42.8 Å². The zero-order chi connectivity index (χ0) is 22.3. The van der Waals surface area contributed by atoms with Gasteiger partial charge in [-0.2, -0.15) is 0 Å². The number of benzene rings is 2. The zero-order valence-electron chi connectivity index (χ0n) is 16.1. The highest BCUT2D eigenvalue weighted by molar-refractivity contribution is 7.92. The van der Waals surface area contributed by atoms with Gasteiger partial charge in [0.05, 0.1) is 23.3 Å². The van der Waals surface area contributed by atoms with Crippen LogP contribution in [-0.2, 0) is 29.1 Å². The van der Waals surface area contributed by atoms with E-state index in [4.69, 9.17) is 4.74 Å². The van der Waals surface area contributed by atoms with Crippen LogP contribution in [-0.4, -0.2) is 46.5 Å². The van der Waals surface area contributed by atoms with Crippen LogP contribution in [0.3, 0.4) is 0 Å². The number of sulfonamides is 1. The van der Waals surface area contributed by atoms with Crippen molar-refractivity contribution < 1.29 is 36.7 Å². The van der Waals surface area contributed by atoms with Crippen molar-refractivity contribution in [2.24, 2.45) is 0 Å². The standard InChI is InChI=1S/C19H19FN2O7S/c1-12-9-13(20)7-8-16(12)30(26,27)22-15-6-4-3-5-14(15)19(25)29-11-17(23)21-10-18(24)28-2/h3-9,22H,10-11H2,1-2H3,(H,21,23). The Labute approximate surface area is 172 Å². The molecule has 0 aliphatic heterocycles. The number of carbonyl (C=O) groups excluding carboxylic acids is 3. The molecule has 1 amide bonds. The van der Waals surface area contributed by atoms with Gasteiger partial charge in [-0.1, -0.05) is 12.1 Å². The number of hydrogen-bond acceptors (Lipinski definition) is 7. The first-order chi connectivity index (χ1) is 14.1. The molecule has 9 nitrogen and oxygen atoms in total. The van der Waals surface area contributed by atoms with Crippen molar-refractivity contribution in [3.05, 3.63) is 59.4 Å². The number of rotatable bonds is 8. The maximum Gasteiger partial charge on any atom is 0.340 e. The van der Waals surface area contributed by atoms with Crippen LogP contribution < -0.4 is 10.0 Å². The molecule has 0 unspecified atom stereocenters. The number of anilines is 1. The molecule has 0 atom stereocenters. The van der Waals surface area contributed by atoms with Crippen LogP contribution in [0.2, 0.25) is 0 Å². The van der Waals surface area contributed by atoms with E-state index in [9.17, 15) is 27.2 Å². The Hall–Kier alpha value is -3.47. The molecule has 11 heteroatoms. The molecule has 30 heavy (non-hydrogen) atoms. The van der Waals surface area contributed by atoms with Crippen LogP contribution >= 0.6 is 0 Å². The number of esters is 2. The summed E-state index contributed by atoms with van der Waals surface area (Å²) in [6.45, 7) is 0.360. The van der Waals surface area contributed by atoms with E-state index in [1.54, 1.807) is 0 Å². The van der Waals surface area contributed by atoms with Gasteiger partial charge < -0.3 is 14.8 Å². The molecule has 160 valence electrons. The molecule has 0 aliphatic rings. The Morgan fingerprint density at radius 2 is 1.80 bits per heavy atom. The van der Waals surface area contributed by atoms with Crippen LogP contribution in [0, 0.1) is 12.7 Å². The Morgan fingerprint density at radius 1 is 1.10 bits per heavy atom. The summed E-state index contributed by atoms with van der Waals surface area (Å²) in [4.78, 5) is 34.8. The summed E-state index contributed by atoms with van der Waals surface area (Å²) in [5.41, 5.74) is -0.0346. The molecule has 0 saturated heterocycles. The van der Waals surface area contributed by atoms with Gasteiger partial charge >= 0.3 is 11.9 Å². The summed E-state index contributed by atoms with van der Waals surface area (Å²) in [6, 6.07) is 8.81. The number of para-hydroxylation sites is 1. The third kappa shape index (κ3) is 6.01. The van der Waals surface area contributed by atoms with E-state index in [2.05, 4.69) is 14.8 Å². The Balaban J connectivity index is 2.12. The summed E-state index contributed by atoms with van der Waals surface area (Å²) in [5, 5.41) is 2.19. The van der Waals surface area contributed by atoms with Gasteiger partial charge in [0, 0.05) is 0 Å². The van der Waals surface area contributed by atoms with Gasteiger partial charge in [0.15, 0.2) is 6.61 Å². The molecule has 0 bridgehead atoms. The number of methoxy groups -OCH3 is 1. The minimum absolute atomic E-state index is 0.0822. The van der Waals surface area contributed by atoms with Gasteiger partial charge in [-0.3, -0.25) is 14.3 Å². The fourth-order valence-electron chi connectivity index (χ4n) is 2.37. The minimum atomic E-state index is -4.12. The predicted molar refractivity (Wildman–Crippen MR) is 104 cm³/mol. The molecule has 0 spiro atoms. The lowest BCUT2D eigenvalue weighted by Gasteiger charge is -2.13. The van der Waals surface area contributed by atoms with Gasteiger partial charge in [-0.25, -0.2) is 17.6 Å². The van der Waals surface area contributed by atoms with Crippen molar-refractivity contribution in [1.82, 2.24) is 5.32 Å². The Morgan fingerprint density at radius 3 is 2.47 bits per heavy atom. The van der Waals surface area contributed by atoms with E-state index in [-0.39, 0.29) is 28.3 Å². The largest absolute Gasteiger partial charge is 0.468 e. The minimum Gasteiger partial charge on any atom is -0.468 e. The monoisotopic (exact) mass is 438 g/mol. The van der Waals surface area contributed by atoms with Crippen molar-refractivity contribution in [2.45, 2.75) is 11.8 Å². The topological polar surface area (TPSA) is 128 Å². The maximum absolute atomic E-state index is 13.3. The zero-order valence-corrected chi connectivity index (χ0v) is 16.9. The highest BCUT2D eigenvalue weighted by Gasteiger charge is 2.21. The van der Waals surface area contributed by atoms with Crippen molar-refractivity contribution in [2.75, 3.05) is 25.0 Å². The van der Waals surface area contributed by atoms with Gasteiger partial charge in [0.25, 0.3) is 15.9 Å². The third-order valence-electron chi connectivity index (χ3n) is 3.81. The van der Waals surface area contributed by atoms with Crippen molar-refractivity contribution in [1.29, 1.82) is 0 Å². The Kier molecular flexibility index (Phi) is 7.48. The average molecular weight is 438 g/mol. The molecule has 0 fully saturated rings. The summed E-state index contributed by atoms with van der Waals surface area (Å²) >= 11 is 0. The molecule has 2 rings (SSSR count). The molecule has 0 saturated carbocycles. The Bertz CT molecular complexity index is 1070. The quantitative estimate of drug-likeness (QED) is 0.596. The normalized spacial score (nSPS) is 10.8. The lowest BCUT2D eigenvalue weighted by Crippen LogP contribution is -2.33. The number of carbonyl (C=O) groups is 3. The molecule has 2 N–H and O–H groups in total. The smallest absolute Gasteiger partial charge is 0.340 e. The van der Waals surface area contributed by atoms with Gasteiger partial charge in [0.2, 0.25) is 0 Å². The fraction of sp³-hybridized carbons (Fsp3) is 0.211. The first-order valence-electron chi connectivity index (χ1n) is 8.52. The number of nitrogens with one attached hydrogen (secondary N) is 2. The first-order valence-corrected chi connectivity index (χ1v) is 10.0. The van der Waals surface area contributed by atoms with Crippen LogP contribution in [0.1, 0.15) is 15.9 Å². The molecule has 0 heterocycles. The molecule has 2 aromatic carbocycles. The first kappa shape index (κ1) is 22.8. The highest BCUT2D eigenvalue weighted by Crippen LogP contribution is 2.23. The van der Waals surface area contributed by atoms with E-state index in [1.807, 2.05) is 0 Å². The second-order valence-electron chi connectivity index (χ2n) is 5.99. The van der Waals surface area contributed by atoms with E-state index in [1.165, 1.54) is 31.2 Å². The van der Waals surface area contributed by atoms with Crippen LogP contribution in [0.4, 0.5) is 10.1 Å². The number of amides is 1. The second kappa shape index (κ2) is 9.83. The van der Waals surface area contributed by atoms with E-state index < -0.39 is 40.3 Å². The fourth-order valence-corrected chi connectivity index (χ4v) is 3.67. The van der Waals surface area contributed by atoms with E-state index in [0.717, 1.165) is 25.3 Å². The third-order valence-corrected chi connectivity index (χ3v) is 5.34. The van der Waals surface area contributed by atoms with Crippen LogP contribution in [0.25, 0.3) is 0 Å². The van der Waals surface area contributed by atoms with Gasteiger partial charge in [-0.15, -0.1) is 0 Å². The van der Waals surface area contributed by atoms with Crippen molar-refractivity contribution in [3.63, 3.8) is 0 Å². The predicted octanol–water partition coefficient (Wildman–Crippen LogP) is 1.38. The molecule has 0 aliphatic carbocycles. The summed E-state index contributed by atoms with van der Waals surface area (Å²) in [7, 11) is -2.97. The lowest BCUT2D eigenvalue weighted by molar-refractivity contribution is -0.141. The number of halogens is 1. The number of aryl methyl sites for hydroxylation is 1. The molecular formula is C19H19FN2O7S. The maximum atomic E-state index is 13.3. The molecule has 2 aromatic rings. The van der Waals surface area contributed by atoms with E-state index >= 15 is 0 Å². The average Bonchev–Trinajstić information content (AvgIpc) is 2.69. The van der Waals surface area contributed by atoms with Crippen molar-refractivity contribution in [3.8, 4) is 0 Å².